The van der Waals surface area contributed by atoms with E-state index in [2.05, 4.69) is 29.1 Å². The van der Waals surface area contributed by atoms with Crippen molar-refractivity contribution in [1.82, 2.24) is 15.3 Å². The van der Waals surface area contributed by atoms with Gasteiger partial charge in [0, 0.05) is 0 Å². The van der Waals surface area contributed by atoms with Gasteiger partial charge in [0.15, 0.2) is 0 Å². The number of carboxylic acid groups (broad SMARTS) is 1. The first-order valence-corrected chi connectivity index (χ1v) is 9.33. The Kier molecular flexibility index (Phi) is 4.99. The van der Waals surface area contributed by atoms with Crippen LogP contribution in [0.5, 0.6) is 0 Å². The minimum atomic E-state index is -1.06. The third-order valence-corrected chi connectivity index (χ3v) is 5.38. The highest BCUT2D eigenvalue weighted by Gasteiger charge is 2.51. The predicted octanol–water partition coefficient (Wildman–Crippen LogP) is 3.22. The molecule has 1 unspecified atom stereocenters. The van der Waals surface area contributed by atoms with Gasteiger partial charge in [0.05, 0.1) is 28.3 Å². The molecule has 8 heteroatoms. The zero-order chi connectivity index (χ0) is 20.0. The number of carbonyl (C=O) groups is 1. The van der Waals surface area contributed by atoms with Crippen molar-refractivity contribution in [2.75, 3.05) is 0 Å². The largest absolute Gasteiger partial charge is 0.494 e. The molecule has 3 N–H and O–H groups in total. The van der Waals surface area contributed by atoms with Crippen LogP contribution in [-0.2, 0) is 9.31 Å². The number of nitrogens with zero attached hydrogens (tertiary/aromatic N) is 1. The van der Waals surface area contributed by atoms with Crippen LogP contribution in [0, 0.1) is 5.92 Å². The van der Waals surface area contributed by atoms with E-state index in [0.29, 0.717) is 18.2 Å². The van der Waals surface area contributed by atoms with E-state index in [-0.39, 0.29) is 6.04 Å². The Morgan fingerprint density at radius 3 is 2.44 bits per heavy atom. The molecule has 1 aliphatic heterocycles. The average Bonchev–Trinajstić information content (AvgIpc) is 3.03. The van der Waals surface area contributed by atoms with Crippen LogP contribution >= 0.6 is 0 Å². The van der Waals surface area contributed by atoms with Crippen molar-refractivity contribution in [3.8, 4) is 0 Å². The molecule has 0 bridgehead atoms. The fourth-order valence-corrected chi connectivity index (χ4v) is 3.20. The molecule has 0 aliphatic carbocycles. The summed E-state index contributed by atoms with van der Waals surface area (Å²) in [5, 5.41) is 11.7. The number of aromatic amines is 1. The summed E-state index contributed by atoms with van der Waals surface area (Å²) in [6, 6.07) is 5.43. The van der Waals surface area contributed by atoms with Crippen molar-refractivity contribution in [2.24, 2.45) is 5.92 Å². The highest BCUT2D eigenvalue weighted by Crippen LogP contribution is 2.36. The fourth-order valence-electron chi connectivity index (χ4n) is 3.20. The Hall–Kier alpha value is -2.06. The van der Waals surface area contributed by atoms with E-state index in [1.165, 1.54) is 0 Å². The third-order valence-electron chi connectivity index (χ3n) is 5.38. The van der Waals surface area contributed by atoms with E-state index in [0.717, 1.165) is 16.5 Å². The molecular formula is C19H28BN3O4. The summed E-state index contributed by atoms with van der Waals surface area (Å²) < 4.78 is 12.2. The van der Waals surface area contributed by atoms with E-state index in [1.807, 2.05) is 45.9 Å². The van der Waals surface area contributed by atoms with E-state index < -0.39 is 24.4 Å². The van der Waals surface area contributed by atoms with Crippen LogP contribution in [0.15, 0.2) is 18.2 Å². The second-order valence-corrected chi connectivity index (χ2v) is 8.62. The molecule has 1 atom stereocenters. The van der Waals surface area contributed by atoms with E-state index >= 15 is 0 Å². The van der Waals surface area contributed by atoms with Gasteiger partial charge in [-0.1, -0.05) is 19.9 Å². The van der Waals surface area contributed by atoms with Crippen molar-refractivity contribution < 1.29 is 19.2 Å². The lowest BCUT2D eigenvalue weighted by atomic mass is 9.79. The molecule has 0 spiro atoms. The second kappa shape index (κ2) is 6.84. The number of fused-ring (bicyclic) bond motifs is 1. The summed E-state index contributed by atoms with van der Waals surface area (Å²) in [4.78, 5) is 19.0. The molecular weight excluding hydrogens is 345 g/mol. The molecule has 1 fully saturated rings. The fraction of sp³-hybridized carbons (Fsp3) is 0.579. The highest BCUT2D eigenvalue weighted by atomic mass is 16.7. The SMILES string of the molecule is CC(C)CC(NC(=O)O)c1nc2ccc(B3OC(C)(C)C(C)(C)O3)cc2[nH]1. The minimum absolute atomic E-state index is 0.329. The van der Waals surface area contributed by atoms with Gasteiger partial charge < -0.3 is 24.7 Å². The van der Waals surface area contributed by atoms with Gasteiger partial charge in [0.25, 0.3) is 0 Å². The van der Waals surface area contributed by atoms with E-state index in [4.69, 9.17) is 14.4 Å². The Morgan fingerprint density at radius 1 is 1.26 bits per heavy atom. The topological polar surface area (TPSA) is 96.5 Å². The van der Waals surface area contributed by atoms with Crippen molar-refractivity contribution in [1.29, 1.82) is 0 Å². The van der Waals surface area contributed by atoms with Gasteiger partial charge in [-0.15, -0.1) is 0 Å². The molecule has 1 aliphatic rings. The summed E-state index contributed by atoms with van der Waals surface area (Å²) in [5.74, 6) is 0.947. The second-order valence-electron chi connectivity index (χ2n) is 8.62. The predicted molar refractivity (Wildman–Crippen MR) is 105 cm³/mol. The number of hydrogen-bond donors (Lipinski definition) is 3. The average molecular weight is 373 g/mol. The standard InChI is InChI=1S/C19H28BN3O4/c1-11(2)9-15(23-17(24)25)16-21-13-8-7-12(10-14(13)22-16)20-26-18(3,4)19(5,6)27-20/h7-8,10-11,15,23H,9H2,1-6H3,(H,21,22)(H,24,25). The maximum Gasteiger partial charge on any atom is 0.494 e. The summed E-state index contributed by atoms with van der Waals surface area (Å²) in [6.45, 7) is 12.2. The number of nitrogens with one attached hydrogen (secondary N) is 2. The molecule has 2 heterocycles. The van der Waals surface area contributed by atoms with Crippen molar-refractivity contribution in [3.63, 3.8) is 0 Å². The first-order valence-electron chi connectivity index (χ1n) is 9.33. The van der Waals surface area contributed by atoms with Crippen LogP contribution < -0.4 is 10.8 Å². The molecule has 0 saturated carbocycles. The van der Waals surface area contributed by atoms with Crippen molar-refractivity contribution in [3.05, 3.63) is 24.0 Å². The summed E-state index contributed by atoms with van der Waals surface area (Å²) in [6.07, 6.45) is -0.394. The lowest BCUT2D eigenvalue weighted by molar-refractivity contribution is 0.00578. The van der Waals surface area contributed by atoms with E-state index in [9.17, 15) is 4.79 Å². The van der Waals surface area contributed by atoms with Gasteiger partial charge in [0.1, 0.15) is 5.82 Å². The first kappa shape index (κ1) is 19.7. The van der Waals surface area contributed by atoms with Gasteiger partial charge >= 0.3 is 13.2 Å². The zero-order valence-electron chi connectivity index (χ0n) is 16.8. The minimum Gasteiger partial charge on any atom is -0.465 e. The van der Waals surface area contributed by atoms with Crippen LogP contribution in [-0.4, -0.2) is 39.5 Å². The first-order chi connectivity index (χ1) is 12.5. The van der Waals surface area contributed by atoms with Crippen LogP contribution in [0.1, 0.15) is 59.8 Å². The third kappa shape index (κ3) is 3.96. The molecule has 27 heavy (non-hydrogen) atoms. The molecule has 7 nitrogen and oxygen atoms in total. The lowest BCUT2D eigenvalue weighted by Gasteiger charge is -2.32. The number of benzene rings is 1. The van der Waals surface area contributed by atoms with Gasteiger partial charge in [0.2, 0.25) is 0 Å². The van der Waals surface area contributed by atoms with Crippen molar-refractivity contribution >= 4 is 29.7 Å². The number of amides is 1. The Labute approximate surface area is 160 Å². The number of imidazole rings is 1. The maximum absolute atomic E-state index is 11.1. The number of rotatable bonds is 5. The van der Waals surface area contributed by atoms with E-state index in [1.54, 1.807) is 0 Å². The Bertz CT molecular complexity index is 831. The normalized spacial score (nSPS) is 19.6. The number of hydrogen-bond acceptors (Lipinski definition) is 4. The van der Waals surface area contributed by atoms with Crippen molar-refractivity contribution in [2.45, 2.75) is 65.2 Å². The summed E-state index contributed by atoms with van der Waals surface area (Å²) >= 11 is 0. The smallest absolute Gasteiger partial charge is 0.465 e. The monoisotopic (exact) mass is 373 g/mol. The van der Waals surface area contributed by atoms with Gasteiger partial charge in [-0.25, -0.2) is 9.78 Å². The Morgan fingerprint density at radius 2 is 1.89 bits per heavy atom. The maximum atomic E-state index is 11.1. The van der Waals surface area contributed by atoms with Gasteiger partial charge in [-0.05, 0) is 57.6 Å². The number of H-pyrrole nitrogens is 1. The van der Waals surface area contributed by atoms with Crippen LogP contribution in [0.25, 0.3) is 11.0 Å². The molecule has 1 aromatic heterocycles. The lowest BCUT2D eigenvalue weighted by Crippen LogP contribution is -2.41. The van der Waals surface area contributed by atoms with Gasteiger partial charge in [-0.3, -0.25) is 0 Å². The van der Waals surface area contributed by atoms with Gasteiger partial charge in [-0.2, -0.15) is 0 Å². The molecule has 1 amide bonds. The summed E-state index contributed by atoms with van der Waals surface area (Å²) in [7, 11) is -0.449. The quantitative estimate of drug-likeness (QED) is 0.700. The van der Waals surface area contributed by atoms with Crippen LogP contribution in [0.4, 0.5) is 4.79 Å². The zero-order valence-corrected chi connectivity index (χ0v) is 16.8. The highest BCUT2D eigenvalue weighted by molar-refractivity contribution is 6.62. The van der Waals surface area contributed by atoms with Crippen LogP contribution in [0.2, 0.25) is 0 Å². The molecule has 146 valence electrons. The molecule has 0 radical (unpaired) electrons. The molecule has 1 aromatic carbocycles. The summed E-state index contributed by atoms with van der Waals surface area (Å²) in [5.41, 5.74) is 1.71. The van der Waals surface area contributed by atoms with Crippen LogP contribution in [0.3, 0.4) is 0 Å². The molecule has 2 aromatic rings. The molecule has 1 saturated heterocycles. The Balaban J connectivity index is 1.90. The molecule has 3 rings (SSSR count). The number of aromatic nitrogens is 2.